The summed E-state index contributed by atoms with van der Waals surface area (Å²) in [7, 11) is 1.48. The number of halogens is 1. The van der Waals surface area contributed by atoms with Crippen LogP contribution in [0.25, 0.3) is 5.52 Å². The molecule has 0 aliphatic heterocycles. The number of carbonyl (C=O) groups excluding carboxylic acids is 1. The van der Waals surface area contributed by atoms with Crippen LogP contribution in [-0.2, 0) is 14.9 Å². The predicted octanol–water partition coefficient (Wildman–Crippen LogP) is 2.08. The van der Waals surface area contributed by atoms with Crippen molar-refractivity contribution >= 4 is 39.9 Å². The molecule has 2 aromatic rings. The van der Waals surface area contributed by atoms with Gasteiger partial charge in [-0.05, 0) is 61.1 Å². The molecule has 7 nitrogen and oxygen atoms in total. The van der Waals surface area contributed by atoms with E-state index < -0.39 is 0 Å². The number of nitrogen functional groups attached to an aromatic ring is 1. The summed E-state index contributed by atoms with van der Waals surface area (Å²) in [5, 5.41) is 4.38. The summed E-state index contributed by atoms with van der Waals surface area (Å²) in [4.78, 5) is 21.0. The number of hydrogen-bond donors (Lipinski definition) is 1. The second kappa shape index (κ2) is 5.02. The predicted molar refractivity (Wildman–Crippen MR) is 91.7 cm³/mol. The third kappa shape index (κ3) is 1.99. The highest BCUT2D eigenvalue weighted by Crippen LogP contribution is 2.58. The number of ether oxygens (including phenoxy) is 1. The average molecular weight is 427 g/mol. The first-order chi connectivity index (χ1) is 11.0. The van der Waals surface area contributed by atoms with E-state index >= 15 is 0 Å². The fraction of sp³-hybridized carbons (Fsp3) is 0.600. The Bertz CT molecular complexity index is 778. The van der Waals surface area contributed by atoms with Crippen LogP contribution in [0.15, 0.2) is 6.33 Å². The third-order valence-corrected chi connectivity index (χ3v) is 6.51. The molecule has 0 saturated heterocycles. The van der Waals surface area contributed by atoms with E-state index in [-0.39, 0.29) is 16.8 Å². The van der Waals surface area contributed by atoms with E-state index in [2.05, 4.69) is 32.7 Å². The Morgan fingerprint density at radius 2 is 1.96 bits per heavy atom. The van der Waals surface area contributed by atoms with E-state index in [0.717, 1.165) is 53.6 Å². The number of nitrogens with two attached hydrogens (primary N) is 1. The summed E-state index contributed by atoms with van der Waals surface area (Å²) in [6, 6.07) is 0. The molecule has 3 aliphatic carbocycles. The summed E-state index contributed by atoms with van der Waals surface area (Å²) in [5.41, 5.74) is 6.47. The fourth-order valence-corrected chi connectivity index (χ4v) is 5.03. The molecule has 3 saturated carbocycles. The monoisotopic (exact) mass is 427 g/mol. The van der Waals surface area contributed by atoms with Crippen molar-refractivity contribution in [3.8, 4) is 0 Å². The van der Waals surface area contributed by atoms with Crippen molar-refractivity contribution in [2.75, 3.05) is 12.8 Å². The molecule has 2 N–H and O–H groups in total. The summed E-state index contributed by atoms with van der Waals surface area (Å²) < 4.78 is 7.72. The van der Waals surface area contributed by atoms with Crippen molar-refractivity contribution in [1.29, 1.82) is 0 Å². The van der Waals surface area contributed by atoms with Gasteiger partial charge < -0.3 is 10.5 Å². The molecule has 122 valence electrons. The van der Waals surface area contributed by atoms with Gasteiger partial charge in [-0.3, -0.25) is 4.79 Å². The number of esters is 1. The van der Waals surface area contributed by atoms with Gasteiger partial charge in [-0.15, -0.1) is 0 Å². The molecular weight excluding hydrogens is 409 g/mol. The lowest BCUT2D eigenvalue weighted by Gasteiger charge is -2.50. The number of nitrogens with zero attached hydrogens (tertiary/aromatic N) is 4. The first-order valence-corrected chi connectivity index (χ1v) is 8.83. The first-order valence-electron chi connectivity index (χ1n) is 7.75. The third-order valence-electron chi connectivity index (χ3n) is 5.76. The Labute approximate surface area is 147 Å². The van der Waals surface area contributed by atoms with Crippen LogP contribution in [0.1, 0.15) is 44.3 Å². The summed E-state index contributed by atoms with van der Waals surface area (Å²) in [5.74, 6) is 1.36. The topological polar surface area (TPSA) is 95.4 Å². The standard InChI is InChI=1S/C15H18IN5O2/c1-23-13(22)15-5-2-14(3-6-15,4-7-15)12-20-10(16)9-11(17)18-8-19-21(9)12/h8H,2-7H2,1H3,(H2,17,18,19). The number of fused-ring (bicyclic) bond motifs is 4. The van der Waals surface area contributed by atoms with E-state index in [0.29, 0.717) is 5.82 Å². The van der Waals surface area contributed by atoms with Gasteiger partial charge in [-0.25, -0.2) is 14.5 Å². The van der Waals surface area contributed by atoms with Crippen molar-refractivity contribution in [1.82, 2.24) is 19.6 Å². The second-order valence-corrected chi connectivity index (χ2v) is 7.71. The van der Waals surface area contributed by atoms with Crippen LogP contribution < -0.4 is 5.73 Å². The zero-order chi connectivity index (χ0) is 16.2. The molecule has 2 heterocycles. The van der Waals surface area contributed by atoms with Gasteiger partial charge in [0.05, 0.1) is 12.5 Å². The minimum Gasteiger partial charge on any atom is -0.469 e. The molecule has 3 aliphatic rings. The molecule has 0 spiro atoms. The number of aromatic nitrogens is 4. The quantitative estimate of drug-likeness (QED) is 0.583. The van der Waals surface area contributed by atoms with Gasteiger partial charge in [0, 0.05) is 5.41 Å². The molecule has 0 unspecified atom stereocenters. The van der Waals surface area contributed by atoms with E-state index in [1.807, 2.05) is 4.52 Å². The maximum atomic E-state index is 12.2. The molecular formula is C15H18IN5O2. The van der Waals surface area contributed by atoms with Gasteiger partial charge in [0.25, 0.3) is 0 Å². The molecule has 0 radical (unpaired) electrons. The van der Waals surface area contributed by atoms with Crippen molar-refractivity contribution in [3.05, 3.63) is 15.9 Å². The number of rotatable bonds is 2. The summed E-state index contributed by atoms with van der Waals surface area (Å²) in [6.07, 6.45) is 6.83. The normalized spacial score (nSPS) is 29.8. The average Bonchev–Trinajstić information content (AvgIpc) is 2.94. The van der Waals surface area contributed by atoms with Crippen LogP contribution in [0.4, 0.5) is 5.82 Å². The van der Waals surface area contributed by atoms with Crippen molar-refractivity contribution < 1.29 is 9.53 Å². The number of carbonyl (C=O) groups is 1. The minimum atomic E-state index is -0.287. The minimum absolute atomic E-state index is 0.0249. The molecule has 0 aromatic carbocycles. The van der Waals surface area contributed by atoms with Gasteiger partial charge in [-0.1, -0.05) is 0 Å². The lowest BCUT2D eigenvalue weighted by atomic mass is 9.53. The van der Waals surface area contributed by atoms with Crippen LogP contribution in [0.2, 0.25) is 0 Å². The van der Waals surface area contributed by atoms with Crippen molar-refractivity contribution in [2.45, 2.75) is 43.9 Å². The largest absolute Gasteiger partial charge is 0.469 e. The molecule has 8 heteroatoms. The number of imidazole rings is 1. The molecule has 3 fully saturated rings. The maximum absolute atomic E-state index is 12.2. The smallest absolute Gasteiger partial charge is 0.311 e. The van der Waals surface area contributed by atoms with Gasteiger partial charge in [-0.2, -0.15) is 5.10 Å². The van der Waals surface area contributed by atoms with Crippen LogP contribution in [0.5, 0.6) is 0 Å². The van der Waals surface area contributed by atoms with E-state index in [1.165, 1.54) is 13.4 Å². The summed E-state index contributed by atoms with van der Waals surface area (Å²) >= 11 is 2.19. The van der Waals surface area contributed by atoms with E-state index in [4.69, 9.17) is 15.5 Å². The Kier molecular flexibility index (Phi) is 3.30. The van der Waals surface area contributed by atoms with Crippen molar-refractivity contribution in [2.24, 2.45) is 5.41 Å². The number of hydrogen-bond acceptors (Lipinski definition) is 6. The maximum Gasteiger partial charge on any atom is 0.311 e. The van der Waals surface area contributed by atoms with Crippen LogP contribution in [-0.4, -0.2) is 32.7 Å². The van der Waals surface area contributed by atoms with Crippen LogP contribution in [0, 0.1) is 9.12 Å². The van der Waals surface area contributed by atoms with E-state index in [9.17, 15) is 4.79 Å². The second-order valence-electron chi connectivity index (χ2n) is 6.68. The molecule has 2 aromatic heterocycles. The Morgan fingerprint density at radius 1 is 1.30 bits per heavy atom. The van der Waals surface area contributed by atoms with Gasteiger partial charge in [0.2, 0.25) is 0 Å². The highest BCUT2D eigenvalue weighted by molar-refractivity contribution is 14.1. The number of methoxy groups -OCH3 is 1. The van der Waals surface area contributed by atoms with Crippen LogP contribution >= 0.6 is 22.6 Å². The van der Waals surface area contributed by atoms with Gasteiger partial charge in [0.15, 0.2) is 5.82 Å². The van der Waals surface area contributed by atoms with Crippen LogP contribution in [0.3, 0.4) is 0 Å². The van der Waals surface area contributed by atoms with Gasteiger partial charge in [0.1, 0.15) is 21.4 Å². The van der Waals surface area contributed by atoms with E-state index in [1.54, 1.807) is 0 Å². The molecule has 0 atom stereocenters. The lowest BCUT2D eigenvalue weighted by molar-refractivity contribution is -0.160. The Morgan fingerprint density at radius 3 is 2.57 bits per heavy atom. The molecule has 23 heavy (non-hydrogen) atoms. The molecule has 2 bridgehead atoms. The highest BCUT2D eigenvalue weighted by atomic mass is 127. The molecule has 0 amide bonds. The van der Waals surface area contributed by atoms with Gasteiger partial charge >= 0.3 is 5.97 Å². The number of anilines is 1. The first kappa shape index (κ1) is 15.1. The Balaban J connectivity index is 1.77. The highest BCUT2D eigenvalue weighted by Gasteiger charge is 2.55. The fourth-order valence-electron chi connectivity index (χ4n) is 4.30. The Hall–Kier alpha value is -1.45. The molecule has 5 rings (SSSR count). The van der Waals surface area contributed by atoms with Crippen molar-refractivity contribution in [3.63, 3.8) is 0 Å². The SMILES string of the molecule is COC(=O)C12CCC(c3nc(I)c4c(N)ncnn34)(CC1)CC2. The zero-order valence-electron chi connectivity index (χ0n) is 12.9. The summed E-state index contributed by atoms with van der Waals surface area (Å²) in [6.45, 7) is 0. The zero-order valence-corrected chi connectivity index (χ0v) is 15.0. The lowest BCUT2D eigenvalue weighted by Crippen LogP contribution is -2.49.